The summed E-state index contributed by atoms with van der Waals surface area (Å²) in [5, 5.41) is 13.5. The molecule has 0 aromatic carbocycles. The Bertz CT molecular complexity index is 765. The van der Waals surface area contributed by atoms with Crippen LogP contribution in [-0.4, -0.2) is 55.3 Å². The number of nitrogens with one attached hydrogen (secondary N) is 1. The van der Waals surface area contributed by atoms with Gasteiger partial charge in [-0.05, 0) is 117 Å². The van der Waals surface area contributed by atoms with Gasteiger partial charge in [0.1, 0.15) is 0 Å². The van der Waals surface area contributed by atoms with Crippen LogP contribution in [0.15, 0.2) is 12.7 Å². The second kappa shape index (κ2) is 10.5. The number of aliphatic hydroxyl groups is 1. The highest BCUT2D eigenvalue weighted by molar-refractivity contribution is 5.75. The maximum atomic E-state index is 12.6. The fraction of sp³-hybridized carbons (Fsp3) is 0.903. The summed E-state index contributed by atoms with van der Waals surface area (Å²) in [5.41, 5.74) is 0.921. The first-order valence-electron chi connectivity index (χ1n) is 14.9. The van der Waals surface area contributed by atoms with Crippen molar-refractivity contribution in [2.45, 2.75) is 97.5 Å². The second-order valence-electron chi connectivity index (χ2n) is 14.3. The lowest BCUT2D eigenvalue weighted by molar-refractivity contribution is -0.883. The van der Waals surface area contributed by atoms with Crippen molar-refractivity contribution in [1.82, 2.24) is 5.32 Å². The van der Waals surface area contributed by atoms with Gasteiger partial charge in [-0.3, -0.25) is 4.79 Å². The van der Waals surface area contributed by atoms with Crippen molar-refractivity contribution in [2.75, 3.05) is 33.7 Å². The molecule has 4 heteroatoms. The maximum absolute atomic E-state index is 12.6. The average Bonchev–Trinajstić information content (AvgIpc) is 3.15. The summed E-state index contributed by atoms with van der Waals surface area (Å²) in [6.07, 6.45) is 15.2. The third-order valence-electron chi connectivity index (χ3n) is 11.9. The molecule has 4 nitrogen and oxygen atoms in total. The van der Waals surface area contributed by atoms with E-state index in [1.807, 2.05) is 6.08 Å². The summed E-state index contributed by atoms with van der Waals surface area (Å²) in [5.74, 6) is 4.99. The molecule has 4 unspecified atom stereocenters. The zero-order valence-corrected chi connectivity index (χ0v) is 23.5. The lowest BCUT2D eigenvalue weighted by Gasteiger charge is -2.61. The van der Waals surface area contributed by atoms with Gasteiger partial charge in [0.2, 0.25) is 5.91 Å². The van der Waals surface area contributed by atoms with E-state index >= 15 is 0 Å². The van der Waals surface area contributed by atoms with Crippen LogP contribution in [0.25, 0.3) is 0 Å². The normalized spacial score (nSPS) is 41.9. The first-order valence-corrected chi connectivity index (χ1v) is 14.9. The van der Waals surface area contributed by atoms with Crippen LogP contribution < -0.4 is 5.32 Å². The zero-order chi connectivity index (χ0) is 25.4. The van der Waals surface area contributed by atoms with Gasteiger partial charge in [0.25, 0.3) is 0 Å². The van der Waals surface area contributed by atoms with E-state index in [9.17, 15) is 9.90 Å². The molecule has 4 saturated carbocycles. The lowest BCUT2D eigenvalue weighted by atomic mass is 9.44. The number of quaternary nitrogens is 1. The first kappa shape index (κ1) is 27.2. The number of likely N-dealkylation sites (N-methyl/N-ethyl adjacent to an activating group) is 1. The van der Waals surface area contributed by atoms with Crippen LogP contribution >= 0.6 is 0 Å². The maximum Gasteiger partial charge on any atom is 0.220 e. The van der Waals surface area contributed by atoms with Crippen molar-refractivity contribution in [3.05, 3.63) is 12.7 Å². The fourth-order valence-corrected chi connectivity index (χ4v) is 9.80. The number of amides is 1. The summed E-state index contributed by atoms with van der Waals surface area (Å²) < 4.78 is 0.866. The third kappa shape index (κ3) is 5.40. The van der Waals surface area contributed by atoms with E-state index in [-0.39, 0.29) is 12.0 Å². The Labute approximate surface area is 215 Å². The molecule has 0 heterocycles. The largest absolute Gasteiger partial charge is 0.393 e. The summed E-state index contributed by atoms with van der Waals surface area (Å²) in [4.78, 5) is 12.6. The number of rotatable bonds is 9. The molecule has 1 amide bonds. The summed E-state index contributed by atoms with van der Waals surface area (Å²) in [6, 6.07) is 0. The Kier molecular flexibility index (Phi) is 8.14. The number of carbonyl (C=O) groups excluding carboxylic acids is 1. The molecule has 0 saturated heterocycles. The molecule has 0 aromatic rings. The minimum absolute atomic E-state index is 0.0508. The Morgan fingerprint density at radius 3 is 2.54 bits per heavy atom. The van der Waals surface area contributed by atoms with Gasteiger partial charge < -0.3 is 14.9 Å². The zero-order valence-electron chi connectivity index (χ0n) is 23.5. The number of aliphatic hydroxyl groups excluding tert-OH is 1. The standard InChI is InChI=1S/C31H54N2O2/c1-7-19-33(5,6)20-18-32-29(35)13-8-22(2)26-11-12-27-25-10-9-23-21-24(34)14-16-30(23,3)28(25)15-17-31(26,27)4/h7,22-28,34H,1,8-21H2,2-6H3/p+1/t22-,23?,24-,25?,26-,27?,28?,30+,31-/m1/s1. The highest BCUT2D eigenvalue weighted by atomic mass is 16.3. The monoisotopic (exact) mass is 487 g/mol. The number of carbonyl (C=O) groups is 1. The topological polar surface area (TPSA) is 49.3 Å². The molecule has 0 aliphatic heterocycles. The van der Waals surface area contributed by atoms with Crippen molar-refractivity contribution in [3.8, 4) is 0 Å². The smallest absolute Gasteiger partial charge is 0.220 e. The van der Waals surface area contributed by atoms with E-state index in [1.165, 1.54) is 44.9 Å². The molecule has 4 aliphatic rings. The van der Waals surface area contributed by atoms with Gasteiger partial charge in [0.05, 0.1) is 39.8 Å². The van der Waals surface area contributed by atoms with Gasteiger partial charge >= 0.3 is 0 Å². The molecule has 4 aliphatic carbocycles. The van der Waals surface area contributed by atoms with Gasteiger partial charge in [-0.15, -0.1) is 0 Å². The lowest BCUT2D eigenvalue weighted by Crippen LogP contribution is -2.54. The van der Waals surface area contributed by atoms with Crippen LogP contribution in [0.2, 0.25) is 0 Å². The first-order chi connectivity index (χ1) is 16.5. The van der Waals surface area contributed by atoms with Crippen LogP contribution in [0.1, 0.15) is 91.4 Å². The molecular weight excluding hydrogens is 432 g/mol. The molecule has 0 spiro atoms. The Morgan fingerprint density at radius 2 is 1.80 bits per heavy atom. The third-order valence-corrected chi connectivity index (χ3v) is 11.9. The van der Waals surface area contributed by atoms with E-state index in [0.29, 0.717) is 23.2 Å². The summed E-state index contributed by atoms with van der Waals surface area (Å²) in [7, 11) is 4.37. The number of nitrogens with zero attached hydrogens (tertiary/aromatic N) is 1. The van der Waals surface area contributed by atoms with Crippen LogP contribution in [0.3, 0.4) is 0 Å². The number of hydrogen-bond donors (Lipinski definition) is 2. The second-order valence-corrected chi connectivity index (χ2v) is 14.3. The van der Waals surface area contributed by atoms with Crippen molar-refractivity contribution in [1.29, 1.82) is 0 Å². The molecule has 0 aromatic heterocycles. The van der Waals surface area contributed by atoms with Gasteiger partial charge in [0, 0.05) is 6.42 Å². The molecule has 0 radical (unpaired) electrons. The Hall–Kier alpha value is -0.870. The predicted octanol–water partition coefficient (Wildman–Crippen LogP) is 5.80. The van der Waals surface area contributed by atoms with Gasteiger partial charge in [-0.2, -0.15) is 0 Å². The molecule has 200 valence electrons. The fourth-order valence-electron chi connectivity index (χ4n) is 9.80. The van der Waals surface area contributed by atoms with Crippen LogP contribution in [0, 0.1) is 46.3 Å². The minimum atomic E-state index is -0.0508. The van der Waals surface area contributed by atoms with Gasteiger partial charge in [-0.25, -0.2) is 0 Å². The van der Waals surface area contributed by atoms with Crippen molar-refractivity contribution in [2.24, 2.45) is 46.3 Å². The van der Waals surface area contributed by atoms with Gasteiger partial charge in [-0.1, -0.05) is 27.4 Å². The Balaban J connectivity index is 1.31. The highest BCUT2D eigenvalue weighted by Crippen LogP contribution is 2.68. The quantitative estimate of drug-likeness (QED) is 0.319. The van der Waals surface area contributed by atoms with E-state index in [4.69, 9.17) is 0 Å². The number of hydrogen-bond acceptors (Lipinski definition) is 2. The molecule has 0 bridgehead atoms. The van der Waals surface area contributed by atoms with E-state index in [0.717, 1.165) is 73.0 Å². The molecule has 35 heavy (non-hydrogen) atoms. The predicted molar refractivity (Wildman–Crippen MR) is 145 cm³/mol. The van der Waals surface area contributed by atoms with Gasteiger partial charge in [0.15, 0.2) is 0 Å². The molecule has 4 fully saturated rings. The molecule has 9 atom stereocenters. The summed E-state index contributed by atoms with van der Waals surface area (Å²) >= 11 is 0. The van der Waals surface area contributed by atoms with E-state index in [1.54, 1.807) is 0 Å². The molecule has 4 rings (SSSR count). The SMILES string of the molecule is C=CC[N+](C)(C)CCNC(=O)CC[C@@H](C)[C@H]1CCC2C3CCC4C[C@H](O)CC[C@]4(C)C3CC[C@@]21C. The van der Waals surface area contributed by atoms with Crippen LogP contribution in [0.4, 0.5) is 0 Å². The van der Waals surface area contributed by atoms with Crippen LogP contribution in [0.5, 0.6) is 0 Å². The van der Waals surface area contributed by atoms with Crippen molar-refractivity contribution >= 4 is 5.91 Å². The van der Waals surface area contributed by atoms with Crippen LogP contribution in [-0.2, 0) is 4.79 Å². The van der Waals surface area contributed by atoms with Crippen molar-refractivity contribution in [3.63, 3.8) is 0 Å². The van der Waals surface area contributed by atoms with E-state index in [2.05, 4.69) is 46.8 Å². The Morgan fingerprint density at radius 1 is 1.09 bits per heavy atom. The van der Waals surface area contributed by atoms with Crippen molar-refractivity contribution < 1.29 is 14.4 Å². The molecule has 2 N–H and O–H groups in total. The summed E-state index contributed by atoms with van der Waals surface area (Å²) in [6.45, 7) is 14.1. The average molecular weight is 488 g/mol. The van der Waals surface area contributed by atoms with E-state index < -0.39 is 0 Å². The highest BCUT2D eigenvalue weighted by Gasteiger charge is 2.60. The minimum Gasteiger partial charge on any atom is -0.393 e. The molecular formula is C31H55N2O2+. The number of fused-ring (bicyclic) bond motifs is 5.